The van der Waals surface area contributed by atoms with Gasteiger partial charge in [-0.25, -0.2) is 0 Å². The Labute approximate surface area is 148 Å². The van der Waals surface area contributed by atoms with Gasteiger partial charge in [-0.05, 0) is 43.5 Å². The molecule has 0 radical (unpaired) electrons. The molecular formula is C20H24N2O3. The van der Waals surface area contributed by atoms with Crippen LogP contribution in [-0.4, -0.2) is 35.8 Å². The van der Waals surface area contributed by atoms with Crippen molar-refractivity contribution in [2.24, 2.45) is 0 Å². The zero-order valence-electron chi connectivity index (χ0n) is 14.7. The summed E-state index contributed by atoms with van der Waals surface area (Å²) in [7, 11) is 0. The van der Waals surface area contributed by atoms with Crippen LogP contribution >= 0.6 is 0 Å². The topological polar surface area (TPSA) is 62.6 Å². The number of likely N-dealkylation sites (tertiary alicyclic amines) is 1. The lowest BCUT2D eigenvalue weighted by Gasteiger charge is -2.21. The number of furan rings is 1. The number of carbonyl (C=O) groups is 2. The molecular weight excluding hydrogens is 316 g/mol. The summed E-state index contributed by atoms with van der Waals surface area (Å²) in [4.78, 5) is 26.3. The van der Waals surface area contributed by atoms with E-state index in [1.807, 2.05) is 11.0 Å². The van der Waals surface area contributed by atoms with Crippen LogP contribution in [0.1, 0.15) is 47.4 Å². The van der Waals surface area contributed by atoms with Crippen LogP contribution in [0.15, 0.2) is 47.1 Å². The lowest BCUT2D eigenvalue weighted by molar-refractivity contribution is -0.131. The van der Waals surface area contributed by atoms with E-state index < -0.39 is 0 Å². The van der Waals surface area contributed by atoms with Crippen molar-refractivity contribution in [1.29, 1.82) is 0 Å². The Bertz CT molecular complexity index is 739. The first-order chi connectivity index (χ1) is 12.1. The second kappa shape index (κ2) is 7.55. The van der Waals surface area contributed by atoms with Crippen molar-refractivity contribution < 1.29 is 14.0 Å². The number of amides is 2. The molecule has 5 heteroatoms. The number of rotatable bonds is 5. The van der Waals surface area contributed by atoms with Crippen LogP contribution in [0, 0.1) is 6.92 Å². The van der Waals surface area contributed by atoms with Crippen LogP contribution in [0.5, 0.6) is 0 Å². The quantitative estimate of drug-likeness (QED) is 0.910. The molecule has 5 nitrogen and oxygen atoms in total. The molecule has 132 valence electrons. The Balaban J connectivity index is 1.52. The summed E-state index contributed by atoms with van der Waals surface area (Å²) in [6, 6.07) is 11.9. The van der Waals surface area contributed by atoms with E-state index >= 15 is 0 Å². The Morgan fingerprint density at radius 1 is 1.24 bits per heavy atom. The molecule has 1 fully saturated rings. The largest absolute Gasteiger partial charge is 0.459 e. The van der Waals surface area contributed by atoms with E-state index in [9.17, 15) is 9.59 Å². The van der Waals surface area contributed by atoms with Gasteiger partial charge in [-0.15, -0.1) is 0 Å². The molecule has 0 unspecified atom stereocenters. The van der Waals surface area contributed by atoms with Gasteiger partial charge in [0.15, 0.2) is 5.76 Å². The van der Waals surface area contributed by atoms with Crippen LogP contribution in [0.3, 0.4) is 0 Å². The fourth-order valence-corrected chi connectivity index (χ4v) is 3.57. The average molecular weight is 340 g/mol. The van der Waals surface area contributed by atoms with Gasteiger partial charge in [0.1, 0.15) is 0 Å². The summed E-state index contributed by atoms with van der Waals surface area (Å²) in [5, 5.41) is 2.73. The van der Waals surface area contributed by atoms with Gasteiger partial charge in [0.05, 0.1) is 6.26 Å². The van der Waals surface area contributed by atoms with E-state index in [0.717, 1.165) is 13.0 Å². The van der Waals surface area contributed by atoms with Gasteiger partial charge in [0.2, 0.25) is 5.91 Å². The molecule has 0 aliphatic carbocycles. The predicted molar refractivity (Wildman–Crippen MR) is 95.4 cm³/mol. The molecule has 1 N–H and O–H groups in total. The fourth-order valence-electron chi connectivity index (χ4n) is 3.57. The van der Waals surface area contributed by atoms with E-state index in [4.69, 9.17) is 4.42 Å². The van der Waals surface area contributed by atoms with Gasteiger partial charge >= 0.3 is 0 Å². The van der Waals surface area contributed by atoms with E-state index in [0.29, 0.717) is 18.9 Å². The Morgan fingerprint density at radius 2 is 2.04 bits per heavy atom. The van der Waals surface area contributed by atoms with Crippen molar-refractivity contribution in [2.75, 3.05) is 13.1 Å². The van der Waals surface area contributed by atoms with Gasteiger partial charge in [-0.2, -0.15) is 0 Å². The highest BCUT2D eigenvalue weighted by Crippen LogP contribution is 2.33. The summed E-state index contributed by atoms with van der Waals surface area (Å²) < 4.78 is 5.04. The van der Waals surface area contributed by atoms with Gasteiger partial charge < -0.3 is 14.6 Å². The van der Waals surface area contributed by atoms with Crippen LogP contribution in [0.4, 0.5) is 0 Å². The second-order valence-electron chi connectivity index (χ2n) is 6.67. The molecule has 0 bridgehead atoms. The first-order valence-corrected chi connectivity index (χ1v) is 8.73. The molecule has 1 saturated heterocycles. The standard InChI is InChI=1S/C20H24N2O3/c1-14-6-3-4-7-17(14)16-12-15(2)22(13-16)19(23)9-10-21-20(24)18-8-5-11-25-18/h3-8,11,15-16H,9-10,12-13H2,1-2H3,(H,21,24)/t15-,16+/m0/s1. The smallest absolute Gasteiger partial charge is 0.286 e. The molecule has 2 amide bonds. The summed E-state index contributed by atoms with van der Waals surface area (Å²) in [6.07, 6.45) is 2.74. The zero-order valence-corrected chi connectivity index (χ0v) is 14.7. The first kappa shape index (κ1) is 17.3. The maximum atomic E-state index is 12.5. The molecule has 25 heavy (non-hydrogen) atoms. The minimum atomic E-state index is -0.287. The minimum absolute atomic E-state index is 0.0864. The second-order valence-corrected chi connectivity index (χ2v) is 6.67. The van der Waals surface area contributed by atoms with Gasteiger partial charge in [0.25, 0.3) is 5.91 Å². The molecule has 0 spiro atoms. The Hall–Kier alpha value is -2.56. The third-order valence-electron chi connectivity index (χ3n) is 4.89. The van der Waals surface area contributed by atoms with Crippen LogP contribution in [0.2, 0.25) is 0 Å². The van der Waals surface area contributed by atoms with Crippen molar-refractivity contribution in [3.63, 3.8) is 0 Å². The lowest BCUT2D eigenvalue weighted by Crippen LogP contribution is -2.36. The number of nitrogens with one attached hydrogen (secondary N) is 1. The van der Waals surface area contributed by atoms with Crippen LogP contribution < -0.4 is 5.32 Å². The monoisotopic (exact) mass is 340 g/mol. The number of carbonyl (C=O) groups excluding carboxylic acids is 2. The summed E-state index contributed by atoms with van der Waals surface area (Å²) in [5.41, 5.74) is 2.61. The van der Waals surface area contributed by atoms with Gasteiger partial charge in [-0.1, -0.05) is 24.3 Å². The molecule has 0 saturated carbocycles. The van der Waals surface area contributed by atoms with Crippen molar-refractivity contribution in [2.45, 2.75) is 38.6 Å². The van der Waals surface area contributed by atoms with Crippen molar-refractivity contribution in [3.8, 4) is 0 Å². The van der Waals surface area contributed by atoms with Gasteiger partial charge in [-0.3, -0.25) is 9.59 Å². The zero-order chi connectivity index (χ0) is 17.8. The number of hydrogen-bond acceptors (Lipinski definition) is 3. The molecule has 3 rings (SSSR count). The lowest BCUT2D eigenvalue weighted by atomic mass is 9.93. The molecule has 2 heterocycles. The highest BCUT2D eigenvalue weighted by molar-refractivity contribution is 5.91. The third kappa shape index (κ3) is 3.92. The maximum absolute atomic E-state index is 12.5. The van der Waals surface area contributed by atoms with E-state index in [1.54, 1.807) is 12.1 Å². The molecule has 2 atom stereocenters. The van der Waals surface area contributed by atoms with Crippen LogP contribution in [0.25, 0.3) is 0 Å². The Morgan fingerprint density at radius 3 is 2.76 bits per heavy atom. The minimum Gasteiger partial charge on any atom is -0.459 e. The predicted octanol–water partition coefficient (Wildman–Crippen LogP) is 3.11. The summed E-state index contributed by atoms with van der Waals surface area (Å²) >= 11 is 0. The molecule has 1 aromatic heterocycles. The highest BCUT2D eigenvalue weighted by Gasteiger charge is 2.33. The summed E-state index contributed by atoms with van der Waals surface area (Å²) in [5.74, 6) is 0.452. The fraction of sp³-hybridized carbons (Fsp3) is 0.400. The average Bonchev–Trinajstić information content (AvgIpc) is 3.25. The van der Waals surface area contributed by atoms with Crippen molar-refractivity contribution in [1.82, 2.24) is 10.2 Å². The summed E-state index contributed by atoms with van der Waals surface area (Å²) in [6.45, 7) is 5.28. The highest BCUT2D eigenvalue weighted by atomic mass is 16.3. The number of aryl methyl sites for hydroxylation is 1. The van der Waals surface area contributed by atoms with E-state index in [2.05, 4.69) is 37.4 Å². The molecule has 2 aromatic rings. The first-order valence-electron chi connectivity index (χ1n) is 8.73. The number of nitrogens with zero attached hydrogens (tertiary/aromatic N) is 1. The maximum Gasteiger partial charge on any atom is 0.286 e. The third-order valence-corrected chi connectivity index (χ3v) is 4.89. The number of hydrogen-bond donors (Lipinski definition) is 1. The Kier molecular flexibility index (Phi) is 5.22. The number of benzene rings is 1. The van der Waals surface area contributed by atoms with Crippen molar-refractivity contribution >= 4 is 11.8 Å². The molecule has 1 aliphatic rings. The SMILES string of the molecule is Cc1ccccc1[C@@H]1C[C@H](C)N(C(=O)CCNC(=O)c2ccco2)C1. The van der Waals surface area contributed by atoms with E-state index in [-0.39, 0.29) is 23.6 Å². The normalized spacial score (nSPS) is 19.8. The molecule has 1 aromatic carbocycles. The molecule has 1 aliphatic heterocycles. The van der Waals surface area contributed by atoms with Gasteiger partial charge in [0, 0.05) is 31.5 Å². The van der Waals surface area contributed by atoms with E-state index in [1.165, 1.54) is 17.4 Å². The van der Waals surface area contributed by atoms with Crippen molar-refractivity contribution in [3.05, 3.63) is 59.5 Å². The van der Waals surface area contributed by atoms with Crippen LogP contribution in [-0.2, 0) is 4.79 Å².